The van der Waals surface area contributed by atoms with Gasteiger partial charge in [0.1, 0.15) is 0 Å². The topological polar surface area (TPSA) is 122 Å². The fourth-order valence-corrected chi connectivity index (χ4v) is 5.13. The van der Waals surface area contributed by atoms with Crippen molar-refractivity contribution in [3.63, 3.8) is 0 Å². The zero-order valence-corrected chi connectivity index (χ0v) is 22.7. The van der Waals surface area contributed by atoms with Crippen LogP contribution in [0.1, 0.15) is 30.5 Å². The first-order chi connectivity index (χ1) is 19.4. The predicted molar refractivity (Wildman–Crippen MR) is 152 cm³/mol. The average molecular weight is 547 g/mol. The van der Waals surface area contributed by atoms with Crippen molar-refractivity contribution < 1.29 is 33.8 Å². The van der Waals surface area contributed by atoms with Gasteiger partial charge >= 0.3 is 11.9 Å². The van der Waals surface area contributed by atoms with E-state index in [1.807, 2.05) is 12.1 Å². The molecule has 1 aliphatic rings. The Kier molecular flexibility index (Phi) is 9.75. The number of methoxy groups -OCH3 is 2. The van der Waals surface area contributed by atoms with Crippen molar-refractivity contribution >= 4 is 33.7 Å². The van der Waals surface area contributed by atoms with Gasteiger partial charge in [-0.2, -0.15) is 0 Å². The molecule has 0 spiro atoms. The Hall–Kier alpha value is -4.37. The minimum Gasteiger partial charge on any atom is -0.493 e. The fraction of sp³-hybridized carbons (Fsp3) is 0.323. The number of piperidine rings is 1. The highest BCUT2D eigenvalue weighted by Crippen LogP contribution is 2.37. The van der Waals surface area contributed by atoms with E-state index >= 15 is 0 Å². The van der Waals surface area contributed by atoms with Crippen molar-refractivity contribution in [2.75, 3.05) is 27.3 Å². The maximum atomic E-state index is 9.55. The highest BCUT2D eigenvalue weighted by atomic mass is 16.5. The van der Waals surface area contributed by atoms with Crippen LogP contribution < -0.4 is 9.47 Å². The van der Waals surface area contributed by atoms with Crippen molar-refractivity contribution in [3.05, 3.63) is 78.0 Å². The molecule has 0 unspecified atom stereocenters. The molecule has 0 amide bonds. The number of benzene rings is 3. The van der Waals surface area contributed by atoms with E-state index in [0.29, 0.717) is 29.2 Å². The molecule has 5 rings (SSSR count). The lowest BCUT2D eigenvalue weighted by Gasteiger charge is -2.32. The molecule has 1 fully saturated rings. The molecule has 1 saturated heterocycles. The molecule has 2 N–H and O–H groups in total. The number of nitrogens with zero attached hydrogens (tertiary/aromatic N) is 2. The summed E-state index contributed by atoms with van der Waals surface area (Å²) in [6, 6.07) is 19.3. The third kappa shape index (κ3) is 7.18. The quantitative estimate of drug-likeness (QED) is 0.260. The fourth-order valence-electron chi connectivity index (χ4n) is 5.13. The summed E-state index contributed by atoms with van der Waals surface area (Å²) in [4.78, 5) is 21.7. The van der Waals surface area contributed by atoms with Crippen molar-refractivity contribution in [3.8, 4) is 11.5 Å². The zero-order valence-electron chi connectivity index (χ0n) is 22.7. The summed E-state index contributed by atoms with van der Waals surface area (Å²) in [5, 5.41) is 23.7. The summed E-state index contributed by atoms with van der Waals surface area (Å²) >= 11 is 0. The largest absolute Gasteiger partial charge is 0.493 e. The van der Waals surface area contributed by atoms with Crippen molar-refractivity contribution in [2.24, 2.45) is 5.92 Å². The Labute approximate surface area is 232 Å². The molecule has 210 valence electrons. The number of hydrogen-bond acceptors (Lipinski definition) is 7. The SMILES string of the molecule is COc1ccc2c(CCC3CCN(Cc4cccc5ccccc45)CC3)noc2c1OC.O=C(O)C=CC(=O)O. The summed E-state index contributed by atoms with van der Waals surface area (Å²) in [7, 11) is 3.26. The number of ether oxygens (including phenoxy) is 2. The third-order valence-corrected chi connectivity index (χ3v) is 7.20. The van der Waals surface area contributed by atoms with Gasteiger partial charge in [0.05, 0.1) is 19.9 Å². The number of carboxylic acids is 2. The third-order valence-electron chi connectivity index (χ3n) is 7.20. The number of aromatic nitrogens is 1. The molecule has 3 aromatic carbocycles. The summed E-state index contributed by atoms with van der Waals surface area (Å²) < 4.78 is 16.5. The van der Waals surface area contributed by atoms with E-state index < -0.39 is 11.9 Å². The molecule has 1 aliphatic heterocycles. The van der Waals surface area contributed by atoms with E-state index in [2.05, 4.69) is 52.5 Å². The molecule has 0 atom stereocenters. The Bertz CT molecular complexity index is 1460. The number of likely N-dealkylation sites (tertiary alicyclic amines) is 1. The van der Waals surface area contributed by atoms with Crippen LogP contribution in [-0.2, 0) is 22.6 Å². The first-order valence-electron chi connectivity index (χ1n) is 13.2. The average Bonchev–Trinajstić information content (AvgIpc) is 3.39. The highest BCUT2D eigenvalue weighted by Gasteiger charge is 2.22. The van der Waals surface area contributed by atoms with Crippen LogP contribution in [0.5, 0.6) is 11.5 Å². The second-order valence-corrected chi connectivity index (χ2v) is 9.71. The summed E-state index contributed by atoms with van der Waals surface area (Å²) in [6.07, 6.45) is 5.65. The van der Waals surface area contributed by atoms with Crippen molar-refractivity contribution in [1.29, 1.82) is 0 Å². The molecule has 0 bridgehead atoms. The minimum absolute atomic E-state index is 0.558. The number of fused-ring (bicyclic) bond motifs is 2. The van der Waals surface area contributed by atoms with E-state index in [1.54, 1.807) is 14.2 Å². The Morgan fingerprint density at radius 2 is 1.65 bits per heavy atom. The van der Waals surface area contributed by atoms with E-state index in [1.165, 1.54) is 29.2 Å². The van der Waals surface area contributed by atoms with Gasteiger partial charge in [-0.1, -0.05) is 47.6 Å². The summed E-state index contributed by atoms with van der Waals surface area (Å²) in [5.74, 6) is -0.503. The number of hydrogen-bond donors (Lipinski definition) is 2. The zero-order chi connectivity index (χ0) is 28.5. The van der Waals surface area contributed by atoms with Gasteiger partial charge in [0.25, 0.3) is 0 Å². The first-order valence-corrected chi connectivity index (χ1v) is 13.2. The summed E-state index contributed by atoms with van der Waals surface area (Å²) in [6.45, 7) is 3.33. The van der Waals surface area contributed by atoms with Crippen LogP contribution in [0.4, 0.5) is 0 Å². The molecule has 40 heavy (non-hydrogen) atoms. The van der Waals surface area contributed by atoms with Crippen LogP contribution in [-0.4, -0.2) is 59.5 Å². The van der Waals surface area contributed by atoms with Crippen molar-refractivity contribution in [1.82, 2.24) is 10.1 Å². The van der Waals surface area contributed by atoms with Gasteiger partial charge in [0.2, 0.25) is 11.3 Å². The summed E-state index contributed by atoms with van der Waals surface area (Å²) in [5.41, 5.74) is 3.12. The van der Waals surface area contributed by atoms with Crippen LogP contribution >= 0.6 is 0 Å². The van der Waals surface area contributed by atoms with Crippen LogP contribution in [0, 0.1) is 5.92 Å². The smallest absolute Gasteiger partial charge is 0.328 e. The van der Waals surface area contributed by atoms with Gasteiger partial charge < -0.3 is 24.2 Å². The lowest BCUT2D eigenvalue weighted by atomic mass is 9.90. The lowest BCUT2D eigenvalue weighted by Crippen LogP contribution is -2.33. The van der Waals surface area contributed by atoms with E-state index in [0.717, 1.165) is 49.5 Å². The highest BCUT2D eigenvalue weighted by molar-refractivity contribution is 5.89. The Morgan fingerprint density at radius 1 is 0.950 bits per heavy atom. The van der Waals surface area contributed by atoms with Crippen LogP contribution in [0.15, 0.2) is 71.3 Å². The minimum atomic E-state index is -1.26. The van der Waals surface area contributed by atoms with Crippen molar-refractivity contribution in [2.45, 2.75) is 32.2 Å². The molecule has 4 aromatic rings. The normalized spacial score (nSPS) is 14.2. The van der Waals surface area contributed by atoms with Gasteiger partial charge in [-0.15, -0.1) is 0 Å². The number of rotatable bonds is 9. The molecule has 1 aromatic heterocycles. The molecule has 2 heterocycles. The van der Waals surface area contributed by atoms with Gasteiger partial charge in [-0.3, -0.25) is 4.90 Å². The van der Waals surface area contributed by atoms with Gasteiger partial charge in [-0.05, 0) is 73.2 Å². The maximum absolute atomic E-state index is 9.55. The number of carbonyl (C=O) groups is 2. The Balaban J connectivity index is 0.000000406. The Morgan fingerprint density at radius 3 is 2.33 bits per heavy atom. The molecule has 0 radical (unpaired) electrons. The van der Waals surface area contributed by atoms with Gasteiger partial charge in [0, 0.05) is 24.1 Å². The maximum Gasteiger partial charge on any atom is 0.328 e. The molecule has 9 nitrogen and oxygen atoms in total. The monoisotopic (exact) mass is 546 g/mol. The number of carboxylic acid groups (broad SMARTS) is 2. The second kappa shape index (κ2) is 13.6. The van der Waals surface area contributed by atoms with E-state index in [9.17, 15) is 9.59 Å². The molecule has 9 heteroatoms. The number of aliphatic carboxylic acids is 2. The number of aryl methyl sites for hydroxylation is 1. The van der Waals surface area contributed by atoms with Gasteiger partial charge in [0.15, 0.2) is 5.75 Å². The lowest BCUT2D eigenvalue weighted by molar-refractivity contribution is -0.134. The molecular weight excluding hydrogens is 512 g/mol. The molecule has 0 saturated carbocycles. The first kappa shape index (κ1) is 28.6. The molecular formula is C31H34N2O7. The van der Waals surface area contributed by atoms with Crippen LogP contribution in [0.3, 0.4) is 0 Å². The molecule has 0 aliphatic carbocycles. The van der Waals surface area contributed by atoms with E-state index in [-0.39, 0.29) is 0 Å². The van der Waals surface area contributed by atoms with E-state index in [4.69, 9.17) is 24.2 Å². The predicted octanol–water partition coefficient (Wildman–Crippen LogP) is 5.55. The van der Waals surface area contributed by atoms with Crippen LogP contribution in [0.25, 0.3) is 21.7 Å². The van der Waals surface area contributed by atoms with Crippen LogP contribution in [0.2, 0.25) is 0 Å². The standard InChI is InChI=1S/C27H30N2O3.C4H4O4/c1-30-25-13-11-23-24(28-32-26(23)27(25)31-2)12-10-19-14-16-29(17-15-19)18-21-8-5-7-20-6-3-4-9-22(20)21;5-3(6)1-2-4(7)8/h3-9,11,13,19H,10,12,14-18H2,1-2H3;1-2H,(H,5,6)(H,7,8). The second-order valence-electron chi connectivity index (χ2n) is 9.71. The van der Waals surface area contributed by atoms with Gasteiger partial charge in [-0.25, -0.2) is 9.59 Å².